The molecule has 1 aromatic heterocycles. The van der Waals surface area contributed by atoms with Gasteiger partial charge in [-0.25, -0.2) is 9.87 Å². The number of ether oxygens (including phenoxy) is 2. The third kappa shape index (κ3) is 5.17. The molecule has 0 fully saturated rings. The third-order valence-electron chi connectivity index (χ3n) is 3.62. The molecule has 0 bridgehead atoms. The molecule has 0 aliphatic carbocycles. The van der Waals surface area contributed by atoms with Crippen molar-refractivity contribution in [3.05, 3.63) is 41.3 Å². The maximum absolute atomic E-state index is 9.44. The summed E-state index contributed by atoms with van der Waals surface area (Å²) in [5, 5.41) is 18.1. The van der Waals surface area contributed by atoms with Crippen molar-refractivity contribution in [2.45, 2.75) is 12.6 Å². The minimum absolute atomic E-state index is 0.0419. The van der Waals surface area contributed by atoms with Crippen molar-refractivity contribution in [3.63, 3.8) is 0 Å². The molecule has 0 radical (unpaired) electrons. The molecule has 2 rings (SSSR count). The van der Waals surface area contributed by atoms with Gasteiger partial charge in [-0.3, -0.25) is 5.26 Å². The zero-order valence-electron chi connectivity index (χ0n) is 13.9. The van der Waals surface area contributed by atoms with Crippen molar-refractivity contribution in [3.8, 4) is 11.5 Å². The Morgan fingerprint density at radius 2 is 2.00 bits per heavy atom. The van der Waals surface area contributed by atoms with E-state index in [0.29, 0.717) is 11.6 Å². The number of benzene rings is 1. The average Bonchev–Trinajstić information content (AvgIpc) is 2.65. The first kappa shape index (κ1) is 19.2. The number of rotatable bonds is 9. The Hall–Kier alpha value is -2.13. The minimum Gasteiger partial charge on any atom is -0.497 e. The number of aliphatic hydroxyl groups excluding tert-OH is 1. The molecule has 1 aromatic carbocycles. The lowest BCUT2D eigenvalue weighted by Crippen LogP contribution is -2.39. The van der Waals surface area contributed by atoms with E-state index in [9.17, 15) is 5.11 Å². The highest BCUT2D eigenvalue weighted by Gasteiger charge is 2.21. The maximum Gasteiger partial charge on any atom is 0.224 e. The molecule has 25 heavy (non-hydrogen) atoms. The van der Waals surface area contributed by atoms with Crippen molar-refractivity contribution < 1.29 is 24.7 Å². The summed E-state index contributed by atoms with van der Waals surface area (Å²) in [6, 6.07) is 6.92. The van der Waals surface area contributed by atoms with Gasteiger partial charge < -0.3 is 19.5 Å². The van der Waals surface area contributed by atoms with Gasteiger partial charge in [0, 0.05) is 7.05 Å². The number of aromatic nitrogens is 2. The number of aliphatic hydroxyl groups is 1. The first-order chi connectivity index (χ1) is 12.1. The zero-order chi connectivity index (χ0) is 18.2. The molecule has 0 unspecified atom stereocenters. The summed E-state index contributed by atoms with van der Waals surface area (Å²) in [6.45, 7) is -0.0702. The molecular weight excluding hydrogens is 350 g/mol. The van der Waals surface area contributed by atoms with E-state index in [1.165, 1.54) is 6.20 Å². The van der Waals surface area contributed by atoms with Crippen LogP contribution in [0.25, 0.3) is 0 Å². The SMILES string of the molecule is COc1ccc(COc2cnc(Cl)nc2N(C)[C@@H](CO)COO)cc1. The summed E-state index contributed by atoms with van der Waals surface area (Å²) in [5.74, 6) is 1.53. The maximum atomic E-state index is 9.44. The van der Waals surface area contributed by atoms with Gasteiger partial charge in [-0.2, -0.15) is 4.98 Å². The highest BCUT2D eigenvalue weighted by molar-refractivity contribution is 6.28. The Kier molecular flexibility index (Phi) is 7.20. The quantitative estimate of drug-likeness (QED) is 0.393. The second-order valence-corrected chi connectivity index (χ2v) is 5.54. The van der Waals surface area contributed by atoms with Crippen LogP contribution in [0.1, 0.15) is 5.56 Å². The molecule has 136 valence electrons. The number of hydrogen-bond acceptors (Lipinski definition) is 8. The third-order valence-corrected chi connectivity index (χ3v) is 3.80. The van der Waals surface area contributed by atoms with Crippen LogP contribution in [-0.2, 0) is 11.5 Å². The zero-order valence-corrected chi connectivity index (χ0v) is 14.7. The van der Waals surface area contributed by atoms with Crippen molar-refractivity contribution in [1.82, 2.24) is 9.97 Å². The van der Waals surface area contributed by atoms with E-state index in [-0.39, 0.29) is 25.1 Å². The predicted molar refractivity (Wildman–Crippen MR) is 92.2 cm³/mol. The summed E-state index contributed by atoms with van der Waals surface area (Å²) in [4.78, 5) is 13.8. The lowest BCUT2D eigenvalue weighted by molar-refractivity contribution is -0.246. The normalized spacial score (nSPS) is 11.9. The van der Waals surface area contributed by atoms with Crippen LogP contribution >= 0.6 is 11.6 Å². The number of likely N-dealkylation sites (N-methyl/N-ethyl adjacent to an activating group) is 1. The van der Waals surface area contributed by atoms with Crippen LogP contribution in [-0.4, -0.2) is 53.7 Å². The fourth-order valence-electron chi connectivity index (χ4n) is 2.12. The van der Waals surface area contributed by atoms with E-state index in [2.05, 4.69) is 14.9 Å². The van der Waals surface area contributed by atoms with Gasteiger partial charge in [-0.15, -0.1) is 0 Å². The molecule has 0 saturated carbocycles. The molecular formula is C16H20ClN3O5. The van der Waals surface area contributed by atoms with E-state index in [1.807, 2.05) is 24.3 Å². The van der Waals surface area contributed by atoms with E-state index < -0.39 is 6.04 Å². The monoisotopic (exact) mass is 369 g/mol. The number of halogens is 1. The molecule has 0 saturated heterocycles. The largest absolute Gasteiger partial charge is 0.497 e. The Morgan fingerprint density at radius 1 is 1.28 bits per heavy atom. The van der Waals surface area contributed by atoms with Crippen LogP contribution in [0.5, 0.6) is 11.5 Å². The van der Waals surface area contributed by atoms with Gasteiger partial charge >= 0.3 is 0 Å². The van der Waals surface area contributed by atoms with Crippen LogP contribution in [0.15, 0.2) is 30.5 Å². The molecule has 0 aliphatic rings. The molecule has 0 spiro atoms. The molecule has 9 heteroatoms. The molecule has 8 nitrogen and oxygen atoms in total. The van der Waals surface area contributed by atoms with Gasteiger partial charge in [0.15, 0.2) is 11.6 Å². The number of anilines is 1. The molecule has 1 atom stereocenters. The van der Waals surface area contributed by atoms with Crippen LogP contribution < -0.4 is 14.4 Å². The fraction of sp³-hybridized carbons (Fsp3) is 0.375. The van der Waals surface area contributed by atoms with Crippen molar-refractivity contribution in [2.24, 2.45) is 0 Å². The van der Waals surface area contributed by atoms with Crippen LogP contribution in [0, 0.1) is 0 Å². The standard InChI is InChI=1S/C16H20ClN3O5/c1-20(12(8-21)10-25-22)15-14(7-18-16(17)19-15)24-9-11-3-5-13(23-2)6-4-11/h3-7,12,21-22H,8-10H2,1-2H3/t12-/m0/s1. The Balaban J connectivity index is 2.16. The van der Waals surface area contributed by atoms with E-state index >= 15 is 0 Å². The Bertz CT molecular complexity index is 671. The second kappa shape index (κ2) is 9.38. The van der Waals surface area contributed by atoms with Crippen LogP contribution in [0.2, 0.25) is 5.28 Å². The van der Waals surface area contributed by atoms with Crippen LogP contribution in [0.4, 0.5) is 5.82 Å². The molecule has 0 aliphatic heterocycles. The Labute approximate surface area is 150 Å². The molecule has 2 aromatic rings. The molecule has 2 N–H and O–H groups in total. The van der Waals surface area contributed by atoms with Crippen molar-refractivity contribution in [1.29, 1.82) is 0 Å². The van der Waals surface area contributed by atoms with Crippen molar-refractivity contribution >= 4 is 17.4 Å². The predicted octanol–water partition coefficient (Wildman–Crippen LogP) is 2.00. The first-order valence-corrected chi connectivity index (χ1v) is 7.85. The smallest absolute Gasteiger partial charge is 0.224 e. The fourth-order valence-corrected chi connectivity index (χ4v) is 2.25. The van der Waals surface area contributed by atoms with Gasteiger partial charge in [-0.1, -0.05) is 12.1 Å². The number of hydrogen-bond donors (Lipinski definition) is 2. The average molecular weight is 370 g/mol. The number of methoxy groups -OCH3 is 1. The summed E-state index contributed by atoms with van der Waals surface area (Å²) in [7, 11) is 3.28. The van der Waals surface area contributed by atoms with E-state index in [1.54, 1.807) is 19.1 Å². The van der Waals surface area contributed by atoms with Crippen LogP contribution in [0.3, 0.4) is 0 Å². The lowest BCUT2D eigenvalue weighted by Gasteiger charge is -2.27. The lowest BCUT2D eigenvalue weighted by atomic mass is 10.2. The van der Waals surface area contributed by atoms with Gasteiger partial charge in [0.2, 0.25) is 5.28 Å². The summed E-state index contributed by atoms with van der Waals surface area (Å²) < 4.78 is 10.9. The minimum atomic E-state index is -0.528. The number of nitrogens with zero attached hydrogens (tertiary/aromatic N) is 3. The van der Waals surface area contributed by atoms with Gasteiger partial charge in [0.05, 0.1) is 26.0 Å². The van der Waals surface area contributed by atoms with Gasteiger partial charge in [0.25, 0.3) is 0 Å². The van der Waals surface area contributed by atoms with E-state index in [0.717, 1.165) is 11.3 Å². The highest BCUT2D eigenvalue weighted by atomic mass is 35.5. The summed E-state index contributed by atoms with van der Waals surface area (Å²) >= 11 is 5.87. The van der Waals surface area contributed by atoms with Gasteiger partial charge in [0.1, 0.15) is 19.0 Å². The highest BCUT2D eigenvalue weighted by Crippen LogP contribution is 2.28. The van der Waals surface area contributed by atoms with Gasteiger partial charge in [-0.05, 0) is 29.3 Å². The molecule has 1 heterocycles. The topological polar surface area (TPSA) is 97.2 Å². The summed E-state index contributed by atoms with van der Waals surface area (Å²) in [5.41, 5.74) is 0.932. The summed E-state index contributed by atoms with van der Waals surface area (Å²) in [6.07, 6.45) is 1.46. The van der Waals surface area contributed by atoms with Crippen molar-refractivity contribution in [2.75, 3.05) is 32.3 Å². The van der Waals surface area contributed by atoms with E-state index in [4.69, 9.17) is 26.3 Å². The second-order valence-electron chi connectivity index (χ2n) is 5.21. The molecule has 0 amide bonds. The Morgan fingerprint density at radius 3 is 2.60 bits per heavy atom. The first-order valence-electron chi connectivity index (χ1n) is 7.47.